The summed E-state index contributed by atoms with van der Waals surface area (Å²) in [5, 5.41) is 9.49. The molecule has 100 valence electrons. The zero-order chi connectivity index (χ0) is 12.8. The van der Waals surface area contributed by atoms with Crippen molar-refractivity contribution in [3.05, 3.63) is 0 Å². The molecule has 2 unspecified atom stereocenters. The molecular formula is C13H26N2O2. The highest BCUT2D eigenvalue weighted by Crippen LogP contribution is 2.21. The average molecular weight is 242 g/mol. The van der Waals surface area contributed by atoms with Gasteiger partial charge in [0.05, 0.1) is 6.10 Å². The Labute approximate surface area is 104 Å². The molecule has 0 radical (unpaired) electrons. The second-order valence-corrected chi connectivity index (χ2v) is 5.21. The number of carbonyl (C=O) groups is 1. The molecule has 0 saturated carbocycles. The van der Waals surface area contributed by atoms with E-state index in [2.05, 4.69) is 6.92 Å². The van der Waals surface area contributed by atoms with E-state index in [-0.39, 0.29) is 18.1 Å². The molecule has 3 N–H and O–H groups in total. The molecule has 17 heavy (non-hydrogen) atoms. The van der Waals surface area contributed by atoms with Crippen LogP contribution in [0, 0.1) is 5.92 Å². The Morgan fingerprint density at radius 3 is 2.53 bits per heavy atom. The van der Waals surface area contributed by atoms with Crippen molar-refractivity contribution < 1.29 is 9.90 Å². The minimum atomic E-state index is -0.255. The smallest absolute Gasteiger partial charge is 0.224 e. The van der Waals surface area contributed by atoms with Gasteiger partial charge in [-0.15, -0.1) is 0 Å². The van der Waals surface area contributed by atoms with Crippen LogP contribution in [0.1, 0.15) is 46.0 Å². The predicted octanol–water partition coefficient (Wildman–Crippen LogP) is 1.12. The molecule has 0 bridgehead atoms. The van der Waals surface area contributed by atoms with E-state index in [4.69, 9.17) is 5.73 Å². The molecule has 1 rings (SSSR count). The first-order valence-corrected chi connectivity index (χ1v) is 6.76. The van der Waals surface area contributed by atoms with Crippen molar-refractivity contribution in [2.45, 2.75) is 58.1 Å². The number of hydrogen-bond acceptors (Lipinski definition) is 3. The van der Waals surface area contributed by atoms with E-state index < -0.39 is 0 Å². The minimum Gasteiger partial charge on any atom is -0.393 e. The van der Waals surface area contributed by atoms with E-state index in [1.165, 1.54) is 0 Å². The highest BCUT2D eigenvalue weighted by Gasteiger charge is 2.25. The highest BCUT2D eigenvalue weighted by molar-refractivity contribution is 5.76. The summed E-state index contributed by atoms with van der Waals surface area (Å²) in [5.41, 5.74) is 5.88. The number of likely N-dealkylation sites (tertiary alicyclic amines) is 1. The van der Waals surface area contributed by atoms with Gasteiger partial charge >= 0.3 is 0 Å². The number of aliphatic hydroxyl groups is 1. The molecule has 1 amide bonds. The summed E-state index contributed by atoms with van der Waals surface area (Å²) >= 11 is 0. The maximum Gasteiger partial charge on any atom is 0.224 e. The van der Waals surface area contributed by atoms with Crippen LogP contribution in [-0.4, -0.2) is 41.1 Å². The third-order valence-electron chi connectivity index (χ3n) is 3.67. The van der Waals surface area contributed by atoms with Crippen molar-refractivity contribution in [2.75, 3.05) is 13.1 Å². The summed E-state index contributed by atoms with van der Waals surface area (Å²) in [5.74, 6) is 0.526. The fraction of sp³-hybridized carbons (Fsp3) is 0.923. The first-order chi connectivity index (χ1) is 8.04. The number of amides is 1. The van der Waals surface area contributed by atoms with Gasteiger partial charge < -0.3 is 15.7 Å². The Morgan fingerprint density at radius 1 is 1.47 bits per heavy atom. The van der Waals surface area contributed by atoms with Crippen molar-refractivity contribution in [1.29, 1.82) is 0 Å². The fourth-order valence-electron chi connectivity index (χ4n) is 2.46. The van der Waals surface area contributed by atoms with Gasteiger partial charge in [-0.05, 0) is 32.1 Å². The molecule has 0 aromatic carbocycles. The third-order valence-corrected chi connectivity index (χ3v) is 3.67. The van der Waals surface area contributed by atoms with Gasteiger partial charge in [-0.1, -0.05) is 13.3 Å². The van der Waals surface area contributed by atoms with E-state index in [9.17, 15) is 9.90 Å². The molecule has 0 aromatic rings. The number of rotatable bonds is 5. The van der Waals surface area contributed by atoms with E-state index in [1.807, 2.05) is 11.8 Å². The maximum absolute atomic E-state index is 11.9. The van der Waals surface area contributed by atoms with Crippen LogP contribution in [0.2, 0.25) is 0 Å². The topological polar surface area (TPSA) is 66.6 Å². The summed E-state index contributed by atoms with van der Waals surface area (Å²) in [6.07, 6.45) is 3.97. The number of nitrogens with zero attached hydrogens (tertiary/aromatic N) is 1. The Hall–Kier alpha value is -0.610. The minimum absolute atomic E-state index is 0.00184. The molecule has 1 aliphatic rings. The van der Waals surface area contributed by atoms with Crippen molar-refractivity contribution in [3.63, 3.8) is 0 Å². The van der Waals surface area contributed by atoms with Crippen LogP contribution >= 0.6 is 0 Å². The molecule has 1 saturated heterocycles. The van der Waals surface area contributed by atoms with Crippen LogP contribution in [0.25, 0.3) is 0 Å². The monoisotopic (exact) mass is 242 g/mol. The van der Waals surface area contributed by atoms with Crippen LogP contribution in [0.4, 0.5) is 0 Å². The van der Waals surface area contributed by atoms with Gasteiger partial charge in [0.15, 0.2) is 0 Å². The van der Waals surface area contributed by atoms with Gasteiger partial charge in [-0.3, -0.25) is 4.79 Å². The van der Waals surface area contributed by atoms with Gasteiger partial charge in [-0.25, -0.2) is 0 Å². The molecule has 0 spiro atoms. The van der Waals surface area contributed by atoms with Gasteiger partial charge in [0.25, 0.3) is 0 Å². The van der Waals surface area contributed by atoms with E-state index in [0.717, 1.165) is 38.8 Å². The summed E-state index contributed by atoms with van der Waals surface area (Å²) < 4.78 is 0. The largest absolute Gasteiger partial charge is 0.393 e. The molecular weight excluding hydrogens is 216 g/mol. The standard InChI is InChI=1S/C13H26N2O2/c1-3-4-12(14)9-13(17)15-7-5-11(6-8-15)10(2)16/h10-12,16H,3-9,14H2,1-2H3. The Balaban J connectivity index is 2.30. The molecule has 1 aliphatic heterocycles. The van der Waals surface area contributed by atoms with E-state index >= 15 is 0 Å². The van der Waals surface area contributed by atoms with Crippen LogP contribution in [0.3, 0.4) is 0 Å². The second kappa shape index (κ2) is 6.97. The van der Waals surface area contributed by atoms with Crippen LogP contribution in [0.5, 0.6) is 0 Å². The number of piperidine rings is 1. The molecule has 0 aromatic heterocycles. The molecule has 4 nitrogen and oxygen atoms in total. The number of hydrogen-bond donors (Lipinski definition) is 2. The van der Waals surface area contributed by atoms with Gasteiger partial charge in [0.1, 0.15) is 0 Å². The molecule has 2 atom stereocenters. The summed E-state index contributed by atoms with van der Waals surface area (Å²) in [6, 6.07) is 0.00184. The van der Waals surface area contributed by atoms with Gasteiger partial charge in [0.2, 0.25) is 5.91 Å². The highest BCUT2D eigenvalue weighted by atomic mass is 16.3. The number of aliphatic hydroxyl groups excluding tert-OH is 1. The fourth-order valence-corrected chi connectivity index (χ4v) is 2.46. The Kier molecular flexibility index (Phi) is 5.92. The quantitative estimate of drug-likeness (QED) is 0.759. The number of nitrogens with two attached hydrogens (primary N) is 1. The lowest BCUT2D eigenvalue weighted by atomic mass is 9.92. The molecule has 1 fully saturated rings. The zero-order valence-electron chi connectivity index (χ0n) is 11.1. The predicted molar refractivity (Wildman–Crippen MR) is 68.5 cm³/mol. The molecule has 0 aliphatic carbocycles. The molecule has 1 heterocycles. The van der Waals surface area contributed by atoms with E-state index in [1.54, 1.807) is 0 Å². The SMILES string of the molecule is CCCC(N)CC(=O)N1CCC(C(C)O)CC1. The van der Waals surface area contributed by atoms with Crippen LogP contribution < -0.4 is 5.73 Å². The van der Waals surface area contributed by atoms with Crippen molar-refractivity contribution in [1.82, 2.24) is 4.90 Å². The average Bonchev–Trinajstić information content (AvgIpc) is 2.29. The first-order valence-electron chi connectivity index (χ1n) is 6.76. The third kappa shape index (κ3) is 4.64. The van der Waals surface area contributed by atoms with E-state index in [0.29, 0.717) is 12.3 Å². The van der Waals surface area contributed by atoms with Crippen LogP contribution in [0.15, 0.2) is 0 Å². The van der Waals surface area contributed by atoms with Crippen molar-refractivity contribution in [3.8, 4) is 0 Å². The first kappa shape index (κ1) is 14.5. The molecule has 4 heteroatoms. The summed E-state index contributed by atoms with van der Waals surface area (Å²) in [4.78, 5) is 13.8. The summed E-state index contributed by atoms with van der Waals surface area (Å²) in [6.45, 7) is 5.46. The lowest BCUT2D eigenvalue weighted by Crippen LogP contribution is -2.42. The van der Waals surface area contributed by atoms with Crippen LogP contribution in [-0.2, 0) is 4.79 Å². The number of carbonyl (C=O) groups excluding carboxylic acids is 1. The van der Waals surface area contributed by atoms with Crippen molar-refractivity contribution >= 4 is 5.91 Å². The Bertz CT molecular complexity index is 236. The maximum atomic E-state index is 11.9. The van der Waals surface area contributed by atoms with Gasteiger partial charge in [-0.2, -0.15) is 0 Å². The summed E-state index contributed by atoms with van der Waals surface area (Å²) in [7, 11) is 0. The lowest BCUT2D eigenvalue weighted by Gasteiger charge is -2.33. The Morgan fingerprint density at radius 2 is 2.06 bits per heavy atom. The van der Waals surface area contributed by atoms with Gasteiger partial charge in [0, 0.05) is 25.6 Å². The lowest BCUT2D eigenvalue weighted by molar-refractivity contribution is -0.133. The normalized spacial score (nSPS) is 21.3. The van der Waals surface area contributed by atoms with Crippen molar-refractivity contribution in [2.24, 2.45) is 11.7 Å². The zero-order valence-corrected chi connectivity index (χ0v) is 11.1. The second-order valence-electron chi connectivity index (χ2n) is 5.21.